The largest absolute Gasteiger partial charge is 0.496 e. The van der Waals surface area contributed by atoms with Gasteiger partial charge in [-0.2, -0.15) is 0 Å². The summed E-state index contributed by atoms with van der Waals surface area (Å²) < 4.78 is 10.8. The van der Waals surface area contributed by atoms with Gasteiger partial charge in [-0.15, -0.1) is 0 Å². The Morgan fingerprint density at radius 1 is 1.31 bits per heavy atom. The molecule has 2 aromatic carbocycles. The lowest BCUT2D eigenvalue weighted by atomic mass is 9.89. The van der Waals surface area contributed by atoms with Gasteiger partial charge in [0, 0.05) is 30.6 Å². The topological polar surface area (TPSA) is 55.8 Å². The quantitative estimate of drug-likeness (QED) is 0.770. The van der Waals surface area contributed by atoms with Gasteiger partial charge in [0.05, 0.1) is 12.7 Å². The first-order valence-electron chi connectivity index (χ1n) is 8.23. The first-order chi connectivity index (χ1) is 12.3. The number of amides is 1. The van der Waals surface area contributed by atoms with Crippen LogP contribution in [0.2, 0.25) is 5.02 Å². The van der Waals surface area contributed by atoms with E-state index in [0.29, 0.717) is 22.8 Å². The molecule has 1 unspecified atom stereocenters. The molecule has 0 aromatic heterocycles. The number of rotatable bonds is 4. The fourth-order valence-electron chi connectivity index (χ4n) is 3.25. The molecule has 136 valence electrons. The molecule has 0 saturated carbocycles. The van der Waals surface area contributed by atoms with Crippen molar-refractivity contribution in [2.75, 3.05) is 14.2 Å². The van der Waals surface area contributed by atoms with Gasteiger partial charge in [-0.1, -0.05) is 29.8 Å². The van der Waals surface area contributed by atoms with E-state index in [9.17, 15) is 9.59 Å². The highest BCUT2D eigenvalue weighted by molar-refractivity contribution is 6.30. The number of benzene rings is 2. The van der Waals surface area contributed by atoms with Crippen LogP contribution >= 0.6 is 11.6 Å². The summed E-state index contributed by atoms with van der Waals surface area (Å²) in [6, 6.07) is 12.4. The van der Waals surface area contributed by atoms with Gasteiger partial charge in [0.1, 0.15) is 5.75 Å². The molecule has 0 spiro atoms. The molecule has 0 fully saturated rings. The minimum Gasteiger partial charge on any atom is -0.496 e. The Kier molecular flexibility index (Phi) is 4.92. The zero-order valence-electron chi connectivity index (χ0n) is 14.9. The third-order valence-corrected chi connectivity index (χ3v) is 4.77. The zero-order valence-corrected chi connectivity index (χ0v) is 15.7. The number of carbonyl (C=O) groups is 2. The van der Waals surface area contributed by atoms with E-state index >= 15 is 0 Å². The number of esters is 1. The van der Waals surface area contributed by atoms with Crippen molar-refractivity contribution in [2.24, 2.45) is 0 Å². The summed E-state index contributed by atoms with van der Waals surface area (Å²) in [6.45, 7) is 1.94. The van der Waals surface area contributed by atoms with Crippen LogP contribution in [0.1, 0.15) is 28.4 Å². The van der Waals surface area contributed by atoms with E-state index in [-0.39, 0.29) is 12.5 Å². The predicted molar refractivity (Wildman–Crippen MR) is 98.4 cm³/mol. The molecule has 0 saturated heterocycles. The van der Waals surface area contributed by atoms with Gasteiger partial charge in [0.2, 0.25) is 0 Å². The molecule has 2 aromatic rings. The highest BCUT2D eigenvalue weighted by atomic mass is 35.5. The lowest BCUT2D eigenvalue weighted by molar-refractivity contribution is -0.150. The van der Waals surface area contributed by atoms with Gasteiger partial charge in [0.25, 0.3) is 5.91 Å². The molecule has 0 radical (unpaired) electrons. The number of nitrogens with zero attached hydrogens (tertiary/aromatic N) is 1. The molecule has 0 aliphatic carbocycles. The predicted octanol–water partition coefficient (Wildman–Crippen LogP) is 3.48. The zero-order chi connectivity index (χ0) is 18.9. The molecule has 1 heterocycles. The van der Waals surface area contributed by atoms with Crippen LogP contribution in [0.25, 0.3) is 0 Å². The molecule has 0 N–H and O–H groups in total. The maximum Gasteiger partial charge on any atom is 0.339 e. The van der Waals surface area contributed by atoms with Gasteiger partial charge in [-0.25, -0.2) is 4.79 Å². The fraction of sp³-hybridized carbons (Fsp3) is 0.300. The van der Waals surface area contributed by atoms with E-state index in [4.69, 9.17) is 21.1 Å². The molecule has 26 heavy (non-hydrogen) atoms. The van der Waals surface area contributed by atoms with Crippen LogP contribution in [-0.4, -0.2) is 36.5 Å². The Morgan fingerprint density at radius 2 is 2.04 bits per heavy atom. The monoisotopic (exact) mass is 373 g/mol. The van der Waals surface area contributed by atoms with E-state index in [2.05, 4.69) is 0 Å². The normalized spacial score (nSPS) is 18.7. The molecule has 3 rings (SSSR count). The summed E-state index contributed by atoms with van der Waals surface area (Å²) >= 11 is 6.06. The molecule has 6 heteroatoms. The molecular weight excluding hydrogens is 354 g/mol. The second kappa shape index (κ2) is 7.00. The van der Waals surface area contributed by atoms with Crippen molar-refractivity contribution in [1.82, 2.24) is 4.90 Å². The Hall–Kier alpha value is -2.53. The number of cyclic esters (lactones) is 1. The number of methoxy groups -OCH3 is 1. The van der Waals surface area contributed by atoms with Crippen molar-refractivity contribution in [3.05, 3.63) is 64.2 Å². The van der Waals surface area contributed by atoms with E-state index in [0.717, 1.165) is 11.1 Å². The fourth-order valence-corrected chi connectivity index (χ4v) is 3.45. The first-order valence-corrected chi connectivity index (χ1v) is 8.61. The molecule has 5 nitrogen and oxygen atoms in total. The van der Waals surface area contributed by atoms with Gasteiger partial charge in [0.15, 0.2) is 5.60 Å². The summed E-state index contributed by atoms with van der Waals surface area (Å²) in [7, 11) is 3.23. The summed E-state index contributed by atoms with van der Waals surface area (Å²) in [6.07, 6.45) is 0.338. The minimum absolute atomic E-state index is 0.276. The lowest BCUT2D eigenvalue weighted by Crippen LogP contribution is -2.51. The van der Waals surface area contributed by atoms with Crippen molar-refractivity contribution in [3.8, 4) is 5.75 Å². The van der Waals surface area contributed by atoms with E-state index in [1.54, 1.807) is 51.4 Å². The molecular formula is C20H20ClNO4. The van der Waals surface area contributed by atoms with Gasteiger partial charge in [-0.05, 0) is 36.8 Å². The molecule has 1 aliphatic heterocycles. The van der Waals surface area contributed by atoms with Crippen LogP contribution in [0.3, 0.4) is 0 Å². The Bertz CT molecular complexity index is 867. The number of ether oxygens (including phenoxy) is 2. The number of likely N-dealkylation sites (N-methyl/N-ethyl adjacent to an activating group) is 1. The van der Waals surface area contributed by atoms with Gasteiger partial charge in [-0.3, -0.25) is 4.79 Å². The number of halogens is 1. The second-order valence-corrected chi connectivity index (χ2v) is 7.01. The van der Waals surface area contributed by atoms with Crippen molar-refractivity contribution in [1.29, 1.82) is 0 Å². The second-order valence-electron chi connectivity index (χ2n) is 6.57. The average molecular weight is 374 g/mol. The van der Waals surface area contributed by atoms with Crippen molar-refractivity contribution >= 4 is 23.5 Å². The van der Waals surface area contributed by atoms with Crippen LogP contribution in [-0.2, 0) is 22.5 Å². The number of hydrogen-bond acceptors (Lipinski definition) is 4. The highest BCUT2D eigenvalue weighted by Crippen LogP contribution is 2.31. The van der Waals surface area contributed by atoms with E-state index in [1.165, 1.54) is 4.90 Å². The molecule has 0 bridgehead atoms. The van der Waals surface area contributed by atoms with Crippen LogP contribution < -0.4 is 4.74 Å². The maximum absolute atomic E-state index is 13.0. The van der Waals surface area contributed by atoms with Crippen LogP contribution in [0.15, 0.2) is 42.5 Å². The summed E-state index contributed by atoms with van der Waals surface area (Å²) in [5.74, 6) is -0.107. The standard InChI is InChI=1S/C20H20ClNO4/c1-20(11-13-6-4-5-7-16(13)18(23)26-20)19(24)22(2)12-14-10-15(21)8-9-17(14)25-3/h4-10H,11-12H2,1-3H3. The lowest BCUT2D eigenvalue weighted by Gasteiger charge is -2.36. The van der Waals surface area contributed by atoms with E-state index in [1.807, 2.05) is 12.1 Å². The van der Waals surface area contributed by atoms with Crippen molar-refractivity contribution in [3.63, 3.8) is 0 Å². The van der Waals surface area contributed by atoms with Crippen LogP contribution in [0.4, 0.5) is 0 Å². The van der Waals surface area contributed by atoms with Crippen molar-refractivity contribution in [2.45, 2.75) is 25.5 Å². The Morgan fingerprint density at radius 3 is 2.77 bits per heavy atom. The highest BCUT2D eigenvalue weighted by Gasteiger charge is 2.44. The number of hydrogen-bond donors (Lipinski definition) is 0. The first kappa shape index (κ1) is 18.3. The summed E-state index contributed by atoms with van der Waals surface area (Å²) in [4.78, 5) is 26.9. The van der Waals surface area contributed by atoms with Gasteiger partial charge >= 0.3 is 5.97 Å². The van der Waals surface area contributed by atoms with Crippen LogP contribution in [0, 0.1) is 0 Å². The minimum atomic E-state index is -1.24. The third-order valence-electron chi connectivity index (χ3n) is 4.53. The summed E-state index contributed by atoms with van der Waals surface area (Å²) in [5, 5.41) is 0.561. The average Bonchev–Trinajstić information content (AvgIpc) is 2.61. The smallest absolute Gasteiger partial charge is 0.339 e. The SMILES string of the molecule is COc1ccc(Cl)cc1CN(C)C(=O)C1(C)Cc2ccccc2C(=O)O1. The van der Waals surface area contributed by atoms with Crippen molar-refractivity contribution < 1.29 is 19.1 Å². The third kappa shape index (κ3) is 3.40. The Labute approximate surface area is 157 Å². The number of fused-ring (bicyclic) bond motifs is 1. The molecule has 1 aliphatic rings. The molecule has 1 amide bonds. The van der Waals surface area contributed by atoms with Crippen LogP contribution in [0.5, 0.6) is 5.75 Å². The molecule has 1 atom stereocenters. The Balaban J connectivity index is 1.83. The number of carbonyl (C=O) groups excluding carboxylic acids is 2. The maximum atomic E-state index is 13.0. The van der Waals surface area contributed by atoms with Gasteiger partial charge < -0.3 is 14.4 Å². The van der Waals surface area contributed by atoms with E-state index < -0.39 is 11.6 Å². The summed E-state index contributed by atoms with van der Waals surface area (Å²) in [5.41, 5.74) is 0.860.